The van der Waals surface area contributed by atoms with Gasteiger partial charge in [0, 0.05) is 38.5 Å². The highest BCUT2D eigenvalue weighted by molar-refractivity contribution is 6.00. The molecule has 2 amide bonds. The molecule has 0 aromatic heterocycles. The maximum atomic E-state index is 13.0. The van der Waals surface area contributed by atoms with Gasteiger partial charge in [0.05, 0.1) is 25.2 Å². The second-order valence-electron chi connectivity index (χ2n) is 8.82. The molecule has 1 N–H and O–H groups in total. The molecule has 0 unspecified atom stereocenters. The number of hydrogen-bond acceptors (Lipinski definition) is 6. The molecular weight excluding hydrogens is 400 g/mol. The summed E-state index contributed by atoms with van der Waals surface area (Å²) in [5.74, 6) is 0.920. The molecule has 168 valence electrons. The summed E-state index contributed by atoms with van der Waals surface area (Å²) in [6, 6.07) is 4.59. The maximum absolute atomic E-state index is 13.0. The number of benzene rings is 1. The lowest BCUT2D eigenvalue weighted by atomic mass is 9.84. The number of ketones is 1. The molecule has 2 atom stereocenters. The van der Waals surface area contributed by atoms with Gasteiger partial charge in [0.1, 0.15) is 23.1 Å². The fourth-order valence-electron chi connectivity index (χ4n) is 4.83. The monoisotopic (exact) mass is 430 g/mol. The molecule has 2 saturated heterocycles. The van der Waals surface area contributed by atoms with Crippen LogP contribution in [0.4, 0.5) is 0 Å². The number of ether oxygens (including phenoxy) is 2. The van der Waals surface area contributed by atoms with Crippen LogP contribution >= 0.6 is 0 Å². The van der Waals surface area contributed by atoms with Crippen LogP contribution in [0.5, 0.6) is 11.5 Å². The van der Waals surface area contributed by atoms with Crippen LogP contribution in [0.3, 0.4) is 0 Å². The number of aliphatic hydroxyl groups excluding tert-OH is 1. The van der Waals surface area contributed by atoms with Crippen LogP contribution in [0, 0.1) is 0 Å². The van der Waals surface area contributed by atoms with Crippen molar-refractivity contribution in [3.05, 3.63) is 23.8 Å². The number of fused-ring (bicyclic) bond motifs is 1. The largest absolute Gasteiger partial charge is 0.497 e. The predicted octanol–water partition coefficient (Wildman–Crippen LogP) is 1.78. The number of nitrogens with zero attached hydrogens (tertiary/aromatic N) is 2. The lowest BCUT2D eigenvalue weighted by Crippen LogP contribution is -2.52. The Morgan fingerprint density at radius 1 is 1.23 bits per heavy atom. The lowest BCUT2D eigenvalue weighted by molar-refractivity contribution is -0.146. The van der Waals surface area contributed by atoms with Crippen LogP contribution in [0.2, 0.25) is 0 Å². The first-order valence-electron chi connectivity index (χ1n) is 11.0. The fraction of sp³-hybridized carbons (Fsp3) is 0.609. The molecule has 4 rings (SSSR count). The summed E-state index contributed by atoms with van der Waals surface area (Å²) in [4.78, 5) is 42.0. The molecule has 2 fully saturated rings. The number of hydrogen-bond donors (Lipinski definition) is 1. The second kappa shape index (κ2) is 8.49. The van der Waals surface area contributed by atoms with Gasteiger partial charge in [-0.1, -0.05) is 0 Å². The zero-order chi connectivity index (χ0) is 22.2. The Hall–Kier alpha value is -2.61. The Morgan fingerprint density at radius 2 is 1.97 bits per heavy atom. The molecule has 0 bridgehead atoms. The third-order valence-electron chi connectivity index (χ3n) is 6.82. The smallest absolute Gasteiger partial charge is 0.245 e. The highest BCUT2D eigenvalue weighted by Crippen LogP contribution is 2.41. The number of aliphatic hydroxyl groups is 1. The van der Waals surface area contributed by atoms with Gasteiger partial charge in [0.2, 0.25) is 11.8 Å². The van der Waals surface area contributed by atoms with Gasteiger partial charge in [-0.2, -0.15) is 0 Å². The van der Waals surface area contributed by atoms with E-state index in [2.05, 4.69) is 0 Å². The van der Waals surface area contributed by atoms with Gasteiger partial charge in [-0.3, -0.25) is 14.4 Å². The molecule has 0 saturated carbocycles. The molecule has 3 aliphatic heterocycles. The van der Waals surface area contributed by atoms with Crippen LogP contribution in [-0.4, -0.2) is 77.0 Å². The molecule has 31 heavy (non-hydrogen) atoms. The highest BCUT2D eigenvalue weighted by atomic mass is 16.5. The van der Waals surface area contributed by atoms with E-state index in [9.17, 15) is 19.5 Å². The zero-order valence-corrected chi connectivity index (χ0v) is 18.1. The van der Waals surface area contributed by atoms with Crippen LogP contribution in [0.15, 0.2) is 18.2 Å². The van der Waals surface area contributed by atoms with Crippen LogP contribution in [-0.2, 0) is 9.59 Å². The van der Waals surface area contributed by atoms with Crippen LogP contribution in [0.25, 0.3) is 0 Å². The average Bonchev–Trinajstić information content (AvgIpc) is 2.92. The van der Waals surface area contributed by atoms with Crippen molar-refractivity contribution in [2.24, 2.45) is 0 Å². The first kappa shape index (κ1) is 21.6. The summed E-state index contributed by atoms with van der Waals surface area (Å²) in [6.45, 7) is 3.13. The molecule has 3 heterocycles. The molecule has 8 heteroatoms. The summed E-state index contributed by atoms with van der Waals surface area (Å²) in [5.41, 5.74) is -0.214. The maximum Gasteiger partial charge on any atom is 0.245 e. The molecular formula is C23H30N2O6. The summed E-state index contributed by atoms with van der Waals surface area (Å²) in [7, 11) is 1.56. The minimum absolute atomic E-state index is 0.000742. The summed E-state index contributed by atoms with van der Waals surface area (Å²) in [5, 5.41) is 9.69. The number of Topliss-reactive ketones (excluding diaryl/α,β-unsaturated/α-hetero) is 1. The van der Waals surface area contributed by atoms with E-state index in [1.165, 1.54) is 0 Å². The normalized spacial score (nSPS) is 25.6. The number of methoxy groups -OCH3 is 1. The number of amides is 2. The lowest BCUT2D eigenvalue weighted by Gasteiger charge is -2.38. The Kier molecular flexibility index (Phi) is 5.92. The van der Waals surface area contributed by atoms with Gasteiger partial charge in [-0.25, -0.2) is 0 Å². The number of carbonyl (C=O) groups excluding carboxylic acids is 3. The van der Waals surface area contributed by atoms with E-state index < -0.39 is 11.6 Å². The van der Waals surface area contributed by atoms with Crippen molar-refractivity contribution in [3.63, 3.8) is 0 Å². The van der Waals surface area contributed by atoms with Gasteiger partial charge in [0.25, 0.3) is 0 Å². The topological polar surface area (TPSA) is 96.4 Å². The predicted molar refractivity (Wildman–Crippen MR) is 112 cm³/mol. The molecule has 1 aromatic rings. The minimum atomic E-state index is -0.751. The van der Waals surface area contributed by atoms with Crippen molar-refractivity contribution in [1.82, 2.24) is 9.80 Å². The molecule has 3 aliphatic rings. The molecule has 8 nitrogen and oxygen atoms in total. The van der Waals surface area contributed by atoms with E-state index >= 15 is 0 Å². The highest BCUT2D eigenvalue weighted by Gasteiger charge is 2.44. The van der Waals surface area contributed by atoms with E-state index in [0.29, 0.717) is 62.4 Å². The first-order chi connectivity index (χ1) is 14.8. The third-order valence-corrected chi connectivity index (χ3v) is 6.82. The van der Waals surface area contributed by atoms with Gasteiger partial charge >= 0.3 is 0 Å². The number of likely N-dealkylation sites (tertiary alicyclic amines) is 2. The SMILES string of the molecule is COc1ccc2c(c1)O[C@@]1(CCC(=O)N([C@@H](C)C(=O)N3CCC(O)CC3)CC1)CC2=O. The second-order valence-corrected chi connectivity index (χ2v) is 8.82. The number of rotatable bonds is 3. The molecule has 1 spiro atoms. The van der Waals surface area contributed by atoms with Gasteiger partial charge < -0.3 is 24.4 Å². The van der Waals surface area contributed by atoms with Crippen LogP contribution in [0.1, 0.15) is 55.8 Å². The van der Waals surface area contributed by atoms with E-state index in [4.69, 9.17) is 9.47 Å². The van der Waals surface area contributed by atoms with Crippen molar-refractivity contribution < 1.29 is 29.0 Å². The third kappa shape index (κ3) is 4.26. The minimum Gasteiger partial charge on any atom is -0.497 e. The Bertz CT molecular complexity index is 879. The summed E-state index contributed by atoms with van der Waals surface area (Å²) in [6.07, 6.45) is 2.13. The first-order valence-corrected chi connectivity index (χ1v) is 11.0. The van der Waals surface area contributed by atoms with Crippen molar-refractivity contribution in [2.75, 3.05) is 26.7 Å². The fourth-order valence-corrected chi connectivity index (χ4v) is 4.83. The molecule has 0 aliphatic carbocycles. The van der Waals surface area contributed by atoms with Gasteiger partial charge in [-0.15, -0.1) is 0 Å². The van der Waals surface area contributed by atoms with Crippen molar-refractivity contribution >= 4 is 17.6 Å². The van der Waals surface area contributed by atoms with E-state index in [-0.39, 0.29) is 36.5 Å². The Morgan fingerprint density at radius 3 is 2.68 bits per heavy atom. The van der Waals surface area contributed by atoms with E-state index in [1.807, 2.05) is 0 Å². The van der Waals surface area contributed by atoms with Gasteiger partial charge in [0.15, 0.2) is 5.78 Å². The Labute approximate surface area is 182 Å². The summed E-state index contributed by atoms with van der Waals surface area (Å²) >= 11 is 0. The van der Waals surface area contributed by atoms with Crippen molar-refractivity contribution in [2.45, 2.75) is 63.2 Å². The van der Waals surface area contributed by atoms with Crippen molar-refractivity contribution in [3.8, 4) is 11.5 Å². The van der Waals surface area contributed by atoms with Crippen molar-refractivity contribution in [1.29, 1.82) is 0 Å². The zero-order valence-electron chi connectivity index (χ0n) is 18.1. The van der Waals surface area contributed by atoms with E-state index in [1.54, 1.807) is 42.0 Å². The quantitative estimate of drug-likeness (QED) is 0.785. The number of piperidine rings is 1. The van der Waals surface area contributed by atoms with E-state index in [0.717, 1.165) is 0 Å². The standard InChI is InChI=1S/C23H30N2O6/c1-15(22(29)24-10-6-16(26)7-11-24)25-12-9-23(8-5-21(25)28)14-19(27)18-4-3-17(30-2)13-20(18)31-23/h3-4,13,15-16,26H,5-12,14H2,1-2H3/t15-,23+/m0/s1. The Balaban J connectivity index is 1.48. The average molecular weight is 431 g/mol. The van der Waals surface area contributed by atoms with Crippen LogP contribution < -0.4 is 9.47 Å². The summed E-state index contributed by atoms with van der Waals surface area (Å²) < 4.78 is 11.6. The molecule has 0 radical (unpaired) electrons. The molecule has 1 aromatic carbocycles. The van der Waals surface area contributed by atoms with Gasteiger partial charge in [-0.05, 0) is 38.3 Å². The number of carbonyl (C=O) groups is 3.